The molecule has 0 saturated carbocycles. The molecule has 0 aromatic rings. The van der Waals surface area contributed by atoms with Gasteiger partial charge in [0.25, 0.3) is 0 Å². The van der Waals surface area contributed by atoms with E-state index in [0.29, 0.717) is 12.6 Å². The van der Waals surface area contributed by atoms with Crippen molar-refractivity contribution in [3.8, 4) is 0 Å². The second-order valence-electron chi connectivity index (χ2n) is 7.57. The molecule has 8 heteroatoms. The molecule has 0 amide bonds. The molecule has 0 bridgehead atoms. The molecular weight excluding hydrogens is 338 g/mol. The van der Waals surface area contributed by atoms with E-state index < -0.39 is 15.6 Å². The Balaban J connectivity index is 2.54. The van der Waals surface area contributed by atoms with Crippen molar-refractivity contribution in [1.29, 1.82) is 0 Å². The van der Waals surface area contributed by atoms with Crippen molar-refractivity contribution >= 4 is 16.0 Å². The molecule has 1 heterocycles. The molecule has 3 N–H and O–H groups in total. The maximum absolute atomic E-state index is 11.4. The third-order valence-electron chi connectivity index (χ3n) is 4.19. The van der Waals surface area contributed by atoms with Gasteiger partial charge in [-0.3, -0.25) is 4.99 Å². The van der Waals surface area contributed by atoms with Gasteiger partial charge >= 0.3 is 0 Å². The number of unbranched alkanes of at least 4 members (excludes halogenated alkanes) is 1. The van der Waals surface area contributed by atoms with Gasteiger partial charge < -0.3 is 15.5 Å². The standard InChI is InChI=1S/C17H37N5O2S/c1-6-8-11-22-12-9-15(10-13-22)20-16(18-7-2)19-14-17(3,4)21-25(5,23)24/h15,21H,6-14H2,1-5H3,(H2,18,19,20). The zero-order valence-electron chi connectivity index (χ0n) is 16.6. The predicted molar refractivity (Wildman–Crippen MR) is 106 cm³/mol. The maximum atomic E-state index is 11.4. The fourth-order valence-corrected chi connectivity index (χ4v) is 4.08. The van der Waals surface area contributed by atoms with Crippen LogP contribution in [-0.2, 0) is 10.0 Å². The Morgan fingerprint density at radius 3 is 2.40 bits per heavy atom. The lowest BCUT2D eigenvalue weighted by atomic mass is 10.0. The Labute approximate surface area is 154 Å². The molecule has 1 rings (SSSR count). The minimum Gasteiger partial charge on any atom is -0.357 e. The molecular formula is C17H37N5O2S. The first-order chi connectivity index (χ1) is 11.6. The van der Waals surface area contributed by atoms with Crippen LogP contribution in [-0.4, -0.2) is 69.8 Å². The summed E-state index contributed by atoms with van der Waals surface area (Å²) >= 11 is 0. The minimum atomic E-state index is -3.25. The second-order valence-corrected chi connectivity index (χ2v) is 9.32. The number of hydrogen-bond acceptors (Lipinski definition) is 4. The highest BCUT2D eigenvalue weighted by Crippen LogP contribution is 2.11. The third kappa shape index (κ3) is 10.0. The summed E-state index contributed by atoms with van der Waals surface area (Å²) in [4.78, 5) is 7.12. The van der Waals surface area contributed by atoms with Crippen molar-refractivity contribution in [3.05, 3.63) is 0 Å². The number of hydrogen-bond donors (Lipinski definition) is 3. The van der Waals surface area contributed by atoms with Crippen LogP contribution in [0, 0.1) is 0 Å². The van der Waals surface area contributed by atoms with Gasteiger partial charge in [-0.15, -0.1) is 0 Å². The Morgan fingerprint density at radius 2 is 1.88 bits per heavy atom. The molecule has 1 aliphatic heterocycles. The van der Waals surface area contributed by atoms with Gasteiger partial charge in [0.1, 0.15) is 0 Å². The van der Waals surface area contributed by atoms with Gasteiger partial charge in [0.15, 0.2) is 5.96 Å². The van der Waals surface area contributed by atoms with E-state index in [-0.39, 0.29) is 0 Å². The first kappa shape index (κ1) is 22.2. The van der Waals surface area contributed by atoms with E-state index in [0.717, 1.165) is 38.4 Å². The quantitative estimate of drug-likeness (QED) is 0.416. The average molecular weight is 376 g/mol. The molecule has 0 aliphatic carbocycles. The van der Waals surface area contributed by atoms with E-state index in [1.165, 1.54) is 25.6 Å². The third-order valence-corrected chi connectivity index (χ3v) is 5.12. The monoisotopic (exact) mass is 375 g/mol. The lowest BCUT2D eigenvalue weighted by molar-refractivity contribution is 0.203. The van der Waals surface area contributed by atoms with Crippen molar-refractivity contribution < 1.29 is 8.42 Å². The van der Waals surface area contributed by atoms with E-state index in [1.54, 1.807) is 0 Å². The van der Waals surface area contributed by atoms with Crippen LogP contribution in [0.15, 0.2) is 4.99 Å². The van der Waals surface area contributed by atoms with Crippen LogP contribution < -0.4 is 15.4 Å². The average Bonchev–Trinajstić information content (AvgIpc) is 2.50. The zero-order valence-corrected chi connectivity index (χ0v) is 17.4. The number of sulfonamides is 1. The Bertz CT molecular complexity index is 511. The van der Waals surface area contributed by atoms with Gasteiger partial charge in [-0.1, -0.05) is 13.3 Å². The van der Waals surface area contributed by atoms with Crippen molar-refractivity contribution in [2.75, 3.05) is 39.0 Å². The van der Waals surface area contributed by atoms with E-state index in [2.05, 4.69) is 32.2 Å². The molecule has 0 radical (unpaired) electrons. The van der Waals surface area contributed by atoms with Crippen LogP contribution in [0.4, 0.5) is 0 Å². The van der Waals surface area contributed by atoms with Gasteiger partial charge in [-0.2, -0.15) is 0 Å². The molecule has 1 aliphatic rings. The molecule has 7 nitrogen and oxygen atoms in total. The largest absolute Gasteiger partial charge is 0.357 e. The number of piperidine rings is 1. The van der Waals surface area contributed by atoms with E-state index in [1.807, 2.05) is 20.8 Å². The van der Waals surface area contributed by atoms with Gasteiger partial charge in [-0.05, 0) is 46.6 Å². The molecule has 0 aromatic carbocycles. The Morgan fingerprint density at radius 1 is 1.24 bits per heavy atom. The van der Waals surface area contributed by atoms with Crippen LogP contribution in [0.3, 0.4) is 0 Å². The summed E-state index contributed by atoms with van der Waals surface area (Å²) in [7, 11) is -3.25. The number of rotatable bonds is 9. The topological polar surface area (TPSA) is 85.8 Å². The number of aliphatic imine (C=N–C) groups is 1. The maximum Gasteiger partial charge on any atom is 0.209 e. The van der Waals surface area contributed by atoms with Gasteiger partial charge in [0, 0.05) is 31.2 Å². The second kappa shape index (κ2) is 10.3. The predicted octanol–water partition coefficient (Wildman–Crippen LogP) is 1.13. The summed E-state index contributed by atoms with van der Waals surface area (Å²) in [5, 5.41) is 6.76. The van der Waals surface area contributed by atoms with E-state index >= 15 is 0 Å². The number of nitrogens with zero attached hydrogens (tertiary/aromatic N) is 2. The molecule has 148 valence electrons. The van der Waals surface area contributed by atoms with Crippen LogP contribution >= 0.6 is 0 Å². The molecule has 1 fully saturated rings. The molecule has 0 spiro atoms. The summed E-state index contributed by atoms with van der Waals surface area (Å²) < 4.78 is 25.5. The first-order valence-corrected chi connectivity index (χ1v) is 11.3. The van der Waals surface area contributed by atoms with Crippen LogP contribution in [0.5, 0.6) is 0 Å². The molecule has 0 aromatic heterocycles. The van der Waals surface area contributed by atoms with Crippen molar-refractivity contribution in [1.82, 2.24) is 20.3 Å². The highest BCUT2D eigenvalue weighted by Gasteiger charge is 2.23. The summed E-state index contributed by atoms with van der Waals surface area (Å²) in [6.45, 7) is 12.5. The van der Waals surface area contributed by atoms with Crippen LogP contribution in [0.25, 0.3) is 0 Å². The molecule has 0 unspecified atom stereocenters. The van der Waals surface area contributed by atoms with Crippen LogP contribution in [0.2, 0.25) is 0 Å². The lowest BCUT2D eigenvalue weighted by Crippen LogP contribution is -2.50. The minimum absolute atomic E-state index is 0.380. The summed E-state index contributed by atoms with van der Waals surface area (Å²) in [5.41, 5.74) is -0.612. The van der Waals surface area contributed by atoms with Gasteiger partial charge in [0.2, 0.25) is 10.0 Å². The normalized spacial score (nSPS) is 18.4. The van der Waals surface area contributed by atoms with Crippen molar-refractivity contribution in [3.63, 3.8) is 0 Å². The first-order valence-electron chi connectivity index (χ1n) is 9.41. The van der Waals surface area contributed by atoms with Gasteiger partial charge in [0.05, 0.1) is 12.8 Å². The van der Waals surface area contributed by atoms with E-state index in [4.69, 9.17) is 0 Å². The SMILES string of the molecule is CCCCN1CCC(NC(=NCC(C)(C)NS(C)(=O)=O)NCC)CC1. The van der Waals surface area contributed by atoms with Gasteiger partial charge in [-0.25, -0.2) is 13.1 Å². The summed E-state index contributed by atoms with van der Waals surface area (Å²) in [6, 6.07) is 0.418. The lowest BCUT2D eigenvalue weighted by Gasteiger charge is -2.33. The Hall–Kier alpha value is -0.860. The smallest absolute Gasteiger partial charge is 0.209 e. The number of guanidine groups is 1. The summed E-state index contributed by atoms with van der Waals surface area (Å²) in [5.74, 6) is 0.762. The summed E-state index contributed by atoms with van der Waals surface area (Å²) in [6.07, 6.45) is 5.91. The number of likely N-dealkylation sites (tertiary alicyclic amines) is 1. The number of nitrogens with one attached hydrogen (secondary N) is 3. The fourth-order valence-electron chi connectivity index (χ4n) is 3.01. The van der Waals surface area contributed by atoms with Crippen LogP contribution in [0.1, 0.15) is 53.4 Å². The molecule has 1 saturated heterocycles. The highest BCUT2D eigenvalue weighted by molar-refractivity contribution is 7.88. The highest BCUT2D eigenvalue weighted by atomic mass is 32.2. The zero-order chi connectivity index (χ0) is 18.9. The fraction of sp³-hybridized carbons (Fsp3) is 0.941. The molecule has 25 heavy (non-hydrogen) atoms. The van der Waals surface area contributed by atoms with E-state index in [9.17, 15) is 8.42 Å². The van der Waals surface area contributed by atoms with Crippen molar-refractivity contribution in [2.24, 2.45) is 4.99 Å². The van der Waals surface area contributed by atoms with Crippen molar-refractivity contribution in [2.45, 2.75) is 65.0 Å². The molecule has 0 atom stereocenters. The Kier molecular flexibility index (Phi) is 9.16.